The van der Waals surface area contributed by atoms with E-state index in [-0.39, 0.29) is 0 Å². The second-order valence-electron chi connectivity index (χ2n) is 3.36. The second kappa shape index (κ2) is 7.30. The molecule has 0 aliphatic heterocycles. The van der Waals surface area contributed by atoms with Crippen molar-refractivity contribution >= 4 is 44.2 Å². The zero-order valence-corrected chi connectivity index (χ0v) is 12.8. The van der Waals surface area contributed by atoms with Crippen LogP contribution in [0.2, 0.25) is 0 Å². The third kappa shape index (κ3) is 4.44. The first-order chi connectivity index (χ1) is 7.67. The normalized spacial score (nSPS) is 10.2. The van der Waals surface area contributed by atoms with Gasteiger partial charge in [0.05, 0.1) is 0 Å². The molecule has 0 aliphatic rings. The molecule has 1 nitrogen and oxygen atoms in total. The van der Waals surface area contributed by atoms with Gasteiger partial charge in [-0.2, -0.15) is 0 Å². The van der Waals surface area contributed by atoms with Gasteiger partial charge in [-0.25, -0.2) is 0 Å². The van der Waals surface area contributed by atoms with Crippen molar-refractivity contribution in [3.8, 4) is 0 Å². The summed E-state index contributed by atoms with van der Waals surface area (Å²) in [5.41, 5.74) is 1.30. The summed E-state index contributed by atoms with van der Waals surface area (Å²) in [4.78, 5) is 2.21. The summed E-state index contributed by atoms with van der Waals surface area (Å²) in [6, 6.07) is 8.36. The lowest BCUT2D eigenvalue weighted by Crippen LogP contribution is -2.26. The predicted octanol–water partition coefficient (Wildman–Crippen LogP) is 4.31. The van der Waals surface area contributed by atoms with Crippen molar-refractivity contribution in [3.05, 3.63) is 34.3 Å². The molecule has 1 rings (SSSR count). The molecule has 1 aromatic rings. The van der Waals surface area contributed by atoms with Crippen molar-refractivity contribution in [2.75, 3.05) is 13.1 Å². The Morgan fingerprint density at radius 2 is 2.06 bits per heavy atom. The first kappa shape index (κ1) is 14.0. The van der Waals surface area contributed by atoms with E-state index in [0.29, 0.717) is 0 Å². The second-order valence-corrected chi connectivity index (χ2v) is 5.88. The van der Waals surface area contributed by atoms with Crippen molar-refractivity contribution in [1.82, 2.24) is 4.90 Å². The van der Waals surface area contributed by atoms with Crippen LogP contribution in [0.5, 0.6) is 0 Å². The molecule has 0 heterocycles. The van der Waals surface area contributed by atoms with Crippen LogP contribution in [0.1, 0.15) is 19.4 Å². The Labute approximate surface area is 116 Å². The van der Waals surface area contributed by atoms with Gasteiger partial charge in [-0.3, -0.25) is 0 Å². The van der Waals surface area contributed by atoms with Gasteiger partial charge < -0.3 is 4.90 Å². The molecule has 0 unspecified atom stereocenters. The maximum atomic E-state index is 5.38. The Balaban J connectivity index is 2.48. The van der Waals surface area contributed by atoms with E-state index in [9.17, 15) is 0 Å². The van der Waals surface area contributed by atoms with Crippen LogP contribution in [0.15, 0.2) is 28.7 Å². The van der Waals surface area contributed by atoms with E-state index in [1.165, 1.54) is 5.56 Å². The minimum absolute atomic E-state index is 0.939. The number of hydrogen-bond donors (Lipinski definition) is 0. The fourth-order valence-electron chi connectivity index (χ4n) is 1.34. The first-order valence-electron chi connectivity index (χ1n) is 5.33. The van der Waals surface area contributed by atoms with Crippen molar-refractivity contribution in [1.29, 1.82) is 0 Å². The lowest BCUT2D eigenvalue weighted by molar-refractivity contribution is 0.482. The maximum absolute atomic E-state index is 5.38. The highest BCUT2D eigenvalue weighted by Crippen LogP contribution is 2.19. The van der Waals surface area contributed by atoms with E-state index in [2.05, 4.69) is 52.9 Å². The molecule has 0 aromatic heterocycles. The van der Waals surface area contributed by atoms with Crippen LogP contribution in [0, 0.1) is 0 Å². The van der Waals surface area contributed by atoms with Crippen LogP contribution >= 0.6 is 39.9 Å². The zero-order valence-electron chi connectivity index (χ0n) is 9.57. The number of rotatable bonds is 4. The van der Waals surface area contributed by atoms with Crippen LogP contribution < -0.4 is 0 Å². The van der Waals surface area contributed by atoms with Gasteiger partial charge in [-0.15, -0.1) is 0 Å². The highest BCUT2D eigenvalue weighted by atomic mass is 79.9. The topological polar surface area (TPSA) is 3.24 Å². The molecule has 0 bridgehead atoms. The van der Waals surface area contributed by atoms with E-state index >= 15 is 0 Å². The summed E-state index contributed by atoms with van der Waals surface area (Å²) < 4.78 is 2.12. The molecule has 0 N–H and O–H groups in total. The fraction of sp³-hybridized carbons (Fsp3) is 0.417. The van der Waals surface area contributed by atoms with E-state index in [4.69, 9.17) is 12.2 Å². The van der Waals surface area contributed by atoms with Gasteiger partial charge in [0.2, 0.25) is 0 Å². The molecule has 0 amide bonds. The van der Waals surface area contributed by atoms with Crippen LogP contribution in [0.3, 0.4) is 0 Å². The van der Waals surface area contributed by atoms with Crippen LogP contribution in [0.25, 0.3) is 0 Å². The Hall–Kier alpha value is -0.0600. The van der Waals surface area contributed by atoms with E-state index < -0.39 is 0 Å². The molecular weight excluding hydrogens is 302 g/mol. The summed E-state index contributed by atoms with van der Waals surface area (Å²) in [6.07, 6.45) is 0. The zero-order chi connectivity index (χ0) is 12.0. The lowest BCUT2D eigenvalue weighted by atomic mass is 10.2. The Kier molecular flexibility index (Phi) is 6.39. The SMILES string of the molecule is CCN(CC)C(=S)SCc1cccc(Br)c1. The quantitative estimate of drug-likeness (QED) is 0.762. The summed E-state index contributed by atoms with van der Waals surface area (Å²) in [7, 11) is 0. The molecule has 88 valence electrons. The fourth-order valence-corrected chi connectivity index (χ4v) is 3.14. The van der Waals surface area contributed by atoms with Crippen LogP contribution in [-0.2, 0) is 5.75 Å². The van der Waals surface area contributed by atoms with Gasteiger partial charge in [0.25, 0.3) is 0 Å². The standard InChI is InChI=1S/C12H16BrNS2/c1-3-14(4-2)12(15)16-9-10-6-5-7-11(13)8-10/h5-8H,3-4,9H2,1-2H3. The van der Waals surface area contributed by atoms with E-state index in [1.807, 2.05) is 6.07 Å². The predicted molar refractivity (Wildman–Crippen MR) is 81.0 cm³/mol. The number of halogens is 1. The summed E-state index contributed by atoms with van der Waals surface area (Å²) >= 11 is 10.6. The smallest absolute Gasteiger partial charge is 0.136 e. The van der Waals surface area contributed by atoms with Gasteiger partial charge >= 0.3 is 0 Å². The Morgan fingerprint density at radius 1 is 1.38 bits per heavy atom. The van der Waals surface area contributed by atoms with E-state index in [0.717, 1.165) is 27.6 Å². The molecule has 0 atom stereocenters. The summed E-state index contributed by atoms with van der Waals surface area (Å²) in [6.45, 7) is 6.24. The highest BCUT2D eigenvalue weighted by Gasteiger charge is 2.05. The van der Waals surface area contributed by atoms with E-state index in [1.54, 1.807) is 11.8 Å². The van der Waals surface area contributed by atoms with Crippen LogP contribution in [-0.4, -0.2) is 22.3 Å². The third-order valence-electron chi connectivity index (χ3n) is 2.27. The van der Waals surface area contributed by atoms with Gasteiger partial charge in [0.15, 0.2) is 0 Å². The molecule has 1 aromatic carbocycles. The minimum Gasteiger partial charge on any atom is -0.358 e. The first-order valence-corrected chi connectivity index (χ1v) is 7.52. The molecular formula is C12H16BrNS2. The average molecular weight is 318 g/mol. The molecule has 0 aliphatic carbocycles. The monoisotopic (exact) mass is 317 g/mol. The molecule has 0 spiro atoms. The molecule has 0 radical (unpaired) electrons. The van der Waals surface area contributed by atoms with Gasteiger partial charge in [-0.05, 0) is 31.5 Å². The number of thiocarbonyl (C=S) groups is 1. The minimum atomic E-state index is 0.939. The molecule has 0 saturated heterocycles. The van der Waals surface area contributed by atoms with Crippen molar-refractivity contribution in [2.24, 2.45) is 0 Å². The van der Waals surface area contributed by atoms with Gasteiger partial charge in [0.1, 0.15) is 4.32 Å². The summed E-state index contributed by atoms with van der Waals surface area (Å²) in [5.74, 6) is 0.939. The number of thioether (sulfide) groups is 1. The van der Waals surface area contributed by atoms with Gasteiger partial charge in [-0.1, -0.05) is 52.0 Å². The average Bonchev–Trinajstić information content (AvgIpc) is 2.28. The molecule has 4 heteroatoms. The third-order valence-corrected chi connectivity index (χ3v) is 4.36. The van der Waals surface area contributed by atoms with Gasteiger partial charge in [0, 0.05) is 23.3 Å². The maximum Gasteiger partial charge on any atom is 0.136 e. The van der Waals surface area contributed by atoms with Crippen molar-refractivity contribution < 1.29 is 0 Å². The van der Waals surface area contributed by atoms with Crippen molar-refractivity contribution in [3.63, 3.8) is 0 Å². The summed E-state index contributed by atoms with van der Waals surface area (Å²) in [5, 5.41) is 0. The number of nitrogens with zero attached hydrogens (tertiary/aromatic N) is 1. The number of benzene rings is 1. The molecule has 0 saturated carbocycles. The van der Waals surface area contributed by atoms with Crippen molar-refractivity contribution in [2.45, 2.75) is 19.6 Å². The highest BCUT2D eigenvalue weighted by molar-refractivity contribution is 9.10. The Bertz CT molecular complexity index is 351. The Morgan fingerprint density at radius 3 is 2.62 bits per heavy atom. The number of hydrogen-bond acceptors (Lipinski definition) is 2. The molecule has 16 heavy (non-hydrogen) atoms. The van der Waals surface area contributed by atoms with Crippen LogP contribution in [0.4, 0.5) is 0 Å². The molecule has 0 fully saturated rings. The largest absolute Gasteiger partial charge is 0.358 e. The lowest BCUT2D eigenvalue weighted by Gasteiger charge is -2.20.